The highest BCUT2D eigenvalue weighted by molar-refractivity contribution is 6.37. The van der Waals surface area contributed by atoms with Crippen LogP contribution >= 0.6 is 11.6 Å². The maximum absolute atomic E-state index is 11.7. The molecule has 0 aliphatic carbocycles. The molecule has 0 fully saturated rings. The van der Waals surface area contributed by atoms with Crippen molar-refractivity contribution in [3.63, 3.8) is 0 Å². The average molecular weight is 234 g/mol. The molecule has 3 rings (SSSR count). The number of rotatable bonds is 0. The van der Waals surface area contributed by atoms with Crippen LogP contribution in [0.2, 0.25) is 5.02 Å². The van der Waals surface area contributed by atoms with E-state index in [1.54, 1.807) is 25.1 Å². The van der Waals surface area contributed by atoms with Crippen LogP contribution < -0.4 is 5.11 Å². The smallest absolute Gasteiger partial charge is 0.178 e. The lowest BCUT2D eigenvalue weighted by Gasteiger charge is -2.08. The first-order valence-electron chi connectivity index (χ1n) is 4.69. The first kappa shape index (κ1) is 9.42. The van der Waals surface area contributed by atoms with Crippen molar-refractivity contribution in [1.82, 2.24) is 10.1 Å². The molecule has 3 aromatic rings. The summed E-state index contributed by atoms with van der Waals surface area (Å²) in [5.41, 5.74) is 1.48. The summed E-state index contributed by atoms with van der Waals surface area (Å²) in [6.45, 7) is 1.71. The third kappa shape index (κ3) is 1.10. The summed E-state index contributed by atoms with van der Waals surface area (Å²) in [6.07, 6.45) is 0. The molecule has 0 amide bonds. The third-order valence-electron chi connectivity index (χ3n) is 2.52. The van der Waals surface area contributed by atoms with E-state index in [-0.39, 0.29) is 5.88 Å². The van der Waals surface area contributed by atoms with Gasteiger partial charge in [-0.25, -0.2) is 0 Å². The summed E-state index contributed by atoms with van der Waals surface area (Å²) in [4.78, 5) is 3.96. The molecule has 5 heteroatoms. The van der Waals surface area contributed by atoms with Crippen molar-refractivity contribution < 1.29 is 9.63 Å². The number of hydrogen-bond acceptors (Lipinski definition) is 4. The Labute approximate surface area is 95.4 Å². The number of nitrogens with zero attached hydrogens (tertiary/aromatic N) is 2. The number of fused-ring (bicyclic) bond motifs is 3. The molecule has 0 bridgehead atoms. The van der Waals surface area contributed by atoms with Crippen LogP contribution in [0.5, 0.6) is 5.88 Å². The molecule has 0 aliphatic rings. The second kappa shape index (κ2) is 3.09. The van der Waals surface area contributed by atoms with Crippen molar-refractivity contribution in [2.75, 3.05) is 0 Å². The number of halogens is 1. The molecule has 2 heterocycles. The SMILES string of the molecule is Cc1noc2c1c([O-])nc1cccc(Cl)c12. The molecule has 0 saturated heterocycles. The minimum atomic E-state index is -0.330. The minimum Gasteiger partial charge on any atom is -0.858 e. The van der Waals surface area contributed by atoms with Gasteiger partial charge in [0, 0.05) is 5.88 Å². The summed E-state index contributed by atoms with van der Waals surface area (Å²) in [5.74, 6) is -0.330. The van der Waals surface area contributed by atoms with E-state index < -0.39 is 0 Å². The van der Waals surface area contributed by atoms with Gasteiger partial charge in [-0.05, 0) is 19.1 Å². The van der Waals surface area contributed by atoms with Crippen LogP contribution in [0.25, 0.3) is 21.9 Å². The van der Waals surface area contributed by atoms with Gasteiger partial charge in [0.05, 0.1) is 27.0 Å². The number of aryl methyl sites for hydroxylation is 1. The Kier molecular flexibility index (Phi) is 1.82. The Balaban J connectivity index is 2.67. The number of hydrogen-bond donors (Lipinski definition) is 0. The van der Waals surface area contributed by atoms with Gasteiger partial charge in [-0.1, -0.05) is 22.8 Å². The first-order chi connectivity index (χ1) is 7.68. The monoisotopic (exact) mass is 233 g/mol. The highest BCUT2D eigenvalue weighted by atomic mass is 35.5. The molecular formula is C11H6ClN2O2-. The molecule has 16 heavy (non-hydrogen) atoms. The number of aromatic nitrogens is 2. The Morgan fingerprint density at radius 3 is 2.94 bits per heavy atom. The van der Waals surface area contributed by atoms with Crippen molar-refractivity contribution >= 4 is 33.5 Å². The van der Waals surface area contributed by atoms with Crippen LogP contribution in [0.3, 0.4) is 0 Å². The van der Waals surface area contributed by atoms with Gasteiger partial charge in [0.2, 0.25) is 0 Å². The fourth-order valence-electron chi connectivity index (χ4n) is 1.79. The van der Waals surface area contributed by atoms with E-state index in [4.69, 9.17) is 16.1 Å². The van der Waals surface area contributed by atoms with Crippen molar-refractivity contribution in [3.05, 3.63) is 28.9 Å². The molecule has 0 N–H and O–H groups in total. The largest absolute Gasteiger partial charge is 0.858 e. The summed E-state index contributed by atoms with van der Waals surface area (Å²) in [6, 6.07) is 5.19. The second-order valence-electron chi connectivity index (χ2n) is 3.52. The van der Waals surface area contributed by atoms with Gasteiger partial charge in [0.25, 0.3) is 0 Å². The lowest BCUT2D eigenvalue weighted by atomic mass is 10.1. The maximum atomic E-state index is 11.7. The Bertz CT molecular complexity index is 706. The molecule has 0 aliphatic heterocycles. The van der Waals surface area contributed by atoms with Gasteiger partial charge in [-0.3, -0.25) is 4.98 Å². The van der Waals surface area contributed by atoms with Crippen molar-refractivity contribution in [1.29, 1.82) is 0 Å². The van der Waals surface area contributed by atoms with E-state index in [2.05, 4.69) is 10.1 Å². The lowest BCUT2D eigenvalue weighted by Crippen LogP contribution is -1.96. The Hall–Kier alpha value is -1.81. The standard InChI is InChI=1S/C11H7ClN2O2/c1-5-8-10(16-14-5)9-6(12)3-2-4-7(9)13-11(8)15/h2-4H,1H3,(H,13,15)/p-1. The molecule has 4 nitrogen and oxygen atoms in total. The molecule has 0 spiro atoms. The summed E-state index contributed by atoms with van der Waals surface area (Å²) in [7, 11) is 0. The predicted octanol–water partition coefficient (Wildman–Crippen LogP) is 2.41. The first-order valence-corrected chi connectivity index (χ1v) is 5.07. The van der Waals surface area contributed by atoms with E-state index in [9.17, 15) is 5.11 Å². The third-order valence-corrected chi connectivity index (χ3v) is 2.83. The van der Waals surface area contributed by atoms with Gasteiger partial charge >= 0.3 is 0 Å². The van der Waals surface area contributed by atoms with Crippen LogP contribution in [0, 0.1) is 6.92 Å². The molecule has 0 unspecified atom stereocenters. The highest BCUT2D eigenvalue weighted by Crippen LogP contribution is 2.34. The van der Waals surface area contributed by atoms with Gasteiger partial charge < -0.3 is 9.63 Å². The van der Waals surface area contributed by atoms with Crippen LogP contribution in [-0.4, -0.2) is 10.1 Å². The topological polar surface area (TPSA) is 62.0 Å². The maximum Gasteiger partial charge on any atom is 0.178 e. The molecule has 0 saturated carbocycles. The molecule has 2 aromatic heterocycles. The molecule has 0 radical (unpaired) electrons. The van der Waals surface area contributed by atoms with Crippen molar-refractivity contribution in [2.45, 2.75) is 6.92 Å². The van der Waals surface area contributed by atoms with Crippen molar-refractivity contribution in [2.24, 2.45) is 0 Å². The van der Waals surface area contributed by atoms with E-state index in [0.29, 0.717) is 32.6 Å². The minimum absolute atomic E-state index is 0.330. The van der Waals surface area contributed by atoms with E-state index in [1.165, 1.54) is 0 Å². The molecule has 0 atom stereocenters. The van der Waals surface area contributed by atoms with Gasteiger partial charge in [0.15, 0.2) is 5.58 Å². The van der Waals surface area contributed by atoms with Gasteiger partial charge in [0.1, 0.15) is 0 Å². The fourth-order valence-corrected chi connectivity index (χ4v) is 2.04. The van der Waals surface area contributed by atoms with E-state index in [0.717, 1.165) is 0 Å². The van der Waals surface area contributed by atoms with Crippen LogP contribution in [0.15, 0.2) is 22.7 Å². The Morgan fingerprint density at radius 1 is 1.31 bits per heavy atom. The van der Waals surface area contributed by atoms with E-state index >= 15 is 0 Å². The summed E-state index contributed by atoms with van der Waals surface area (Å²) < 4.78 is 5.15. The predicted molar refractivity (Wildman–Crippen MR) is 58.5 cm³/mol. The normalized spacial score (nSPS) is 11.4. The van der Waals surface area contributed by atoms with Crippen LogP contribution in [0.1, 0.15) is 5.69 Å². The second-order valence-corrected chi connectivity index (χ2v) is 3.93. The van der Waals surface area contributed by atoms with Gasteiger partial charge in [-0.2, -0.15) is 0 Å². The molecule has 1 aromatic carbocycles. The van der Waals surface area contributed by atoms with Gasteiger partial charge in [-0.15, -0.1) is 0 Å². The summed E-state index contributed by atoms with van der Waals surface area (Å²) >= 11 is 6.07. The quantitative estimate of drug-likeness (QED) is 0.598. The zero-order valence-electron chi connectivity index (χ0n) is 8.32. The fraction of sp³-hybridized carbons (Fsp3) is 0.0909. The van der Waals surface area contributed by atoms with Crippen LogP contribution in [-0.2, 0) is 0 Å². The van der Waals surface area contributed by atoms with E-state index in [1.807, 2.05) is 0 Å². The zero-order chi connectivity index (χ0) is 11.3. The molecule has 80 valence electrons. The van der Waals surface area contributed by atoms with Crippen LogP contribution in [0.4, 0.5) is 0 Å². The lowest BCUT2D eigenvalue weighted by molar-refractivity contribution is -0.272. The summed E-state index contributed by atoms with van der Waals surface area (Å²) in [5, 5.41) is 17.1. The Morgan fingerprint density at radius 2 is 2.12 bits per heavy atom. The van der Waals surface area contributed by atoms with Crippen molar-refractivity contribution in [3.8, 4) is 5.88 Å². The number of pyridine rings is 1. The molecular weight excluding hydrogens is 228 g/mol. The zero-order valence-corrected chi connectivity index (χ0v) is 9.08. The number of benzene rings is 1. The average Bonchev–Trinajstić information content (AvgIpc) is 2.61. The highest BCUT2D eigenvalue weighted by Gasteiger charge is 2.12.